The van der Waals surface area contributed by atoms with Crippen molar-refractivity contribution in [2.75, 3.05) is 4.90 Å². The molecular weight excluding hydrogens is 677 g/mol. The first kappa shape index (κ1) is 30.7. The maximum absolute atomic E-state index is 6.78. The first-order chi connectivity index (χ1) is 26.8. The second-order valence-corrected chi connectivity index (χ2v) is 14.8. The van der Waals surface area contributed by atoms with Crippen LogP contribution < -0.4 is 4.90 Å². The predicted octanol–water partition coefficient (Wildman–Crippen LogP) is 14.7. The van der Waals surface area contributed by atoms with Gasteiger partial charge in [0.2, 0.25) is 5.71 Å². The van der Waals surface area contributed by atoms with E-state index in [0.717, 1.165) is 61.5 Å². The molecule has 0 unspecified atom stereocenters. The highest BCUT2D eigenvalue weighted by atomic mass is 32.1. The van der Waals surface area contributed by atoms with Crippen LogP contribution in [0.5, 0.6) is 0 Å². The second-order valence-electron chi connectivity index (χ2n) is 13.7. The Hall–Kier alpha value is -6.88. The van der Waals surface area contributed by atoms with Gasteiger partial charge in [-0.2, -0.15) is 0 Å². The summed E-state index contributed by atoms with van der Waals surface area (Å²) in [4.78, 5) is 2.42. The van der Waals surface area contributed by atoms with E-state index in [1.165, 1.54) is 36.7 Å². The molecule has 0 aliphatic heterocycles. The van der Waals surface area contributed by atoms with Gasteiger partial charge in [0, 0.05) is 43.3 Å². The van der Waals surface area contributed by atoms with Gasteiger partial charge in [-0.15, -0.1) is 11.3 Å². The van der Waals surface area contributed by atoms with Gasteiger partial charge in [0.15, 0.2) is 0 Å². The number of benzene rings is 8. The Labute approximate surface area is 316 Å². The lowest BCUT2D eigenvalue weighted by Crippen LogP contribution is -2.10. The van der Waals surface area contributed by atoms with E-state index in [1.807, 2.05) is 11.3 Å². The number of rotatable bonds is 6. The molecule has 0 radical (unpaired) electrons. The summed E-state index contributed by atoms with van der Waals surface area (Å²) >= 11 is 1.86. The highest BCUT2D eigenvalue weighted by Crippen LogP contribution is 2.47. The largest absolute Gasteiger partial charge is 0.439 e. The highest BCUT2D eigenvalue weighted by Gasteiger charge is 2.23. The Morgan fingerprint density at radius 3 is 1.98 bits per heavy atom. The first-order valence-corrected chi connectivity index (χ1v) is 19.1. The van der Waals surface area contributed by atoms with E-state index in [9.17, 15) is 0 Å². The Bertz CT molecular complexity index is 3150. The van der Waals surface area contributed by atoms with Gasteiger partial charge in [0.25, 0.3) is 0 Å². The molecule has 0 bridgehead atoms. The lowest BCUT2D eigenvalue weighted by Gasteiger charge is -2.27. The third-order valence-corrected chi connectivity index (χ3v) is 11.8. The predicted molar refractivity (Wildman–Crippen MR) is 229 cm³/mol. The molecule has 0 saturated carbocycles. The smallest absolute Gasteiger partial charge is 0.213 e. The van der Waals surface area contributed by atoms with Crippen molar-refractivity contribution < 1.29 is 4.42 Å². The van der Waals surface area contributed by atoms with Crippen LogP contribution in [0.15, 0.2) is 199 Å². The fourth-order valence-electron chi connectivity index (χ4n) is 8.19. The Morgan fingerprint density at radius 1 is 0.463 bits per heavy atom. The quantitative estimate of drug-likeness (QED) is 0.171. The van der Waals surface area contributed by atoms with E-state index in [2.05, 4.69) is 204 Å². The van der Waals surface area contributed by atoms with Crippen LogP contribution in [-0.2, 0) is 0 Å². The molecule has 8 aromatic carbocycles. The molecule has 0 atom stereocenters. The van der Waals surface area contributed by atoms with Crippen molar-refractivity contribution in [2.45, 2.75) is 0 Å². The number of fused-ring (bicyclic) bond motifs is 8. The minimum absolute atomic E-state index is 0.859. The normalized spacial score (nSPS) is 11.7. The number of para-hydroxylation sites is 2. The van der Waals surface area contributed by atoms with E-state index in [0.29, 0.717) is 0 Å². The maximum Gasteiger partial charge on any atom is 0.213 e. The number of furan rings is 1. The van der Waals surface area contributed by atoms with Crippen LogP contribution in [0.1, 0.15) is 0 Å². The number of hydrogen-bond acceptors (Lipinski definition) is 3. The van der Waals surface area contributed by atoms with Crippen molar-refractivity contribution in [3.63, 3.8) is 0 Å². The van der Waals surface area contributed by atoms with Crippen molar-refractivity contribution in [1.29, 1.82) is 0 Å². The lowest BCUT2D eigenvalue weighted by molar-refractivity contribution is 0.645. The summed E-state index contributed by atoms with van der Waals surface area (Å²) in [5.74, 6) is 0. The fourth-order valence-corrected chi connectivity index (χ4v) is 9.39. The van der Waals surface area contributed by atoms with Crippen molar-refractivity contribution >= 4 is 81.5 Å². The summed E-state index contributed by atoms with van der Waals surface area (Å²) in [7, 11) is 0. The van der Waals surface area contributed by atoms with Gasteiger partial charge in [-0.3, -0.25) is 4.57 Å². The van der Waals surface area contributed by atoms with Crippen molar-refractivity contribution in [3.8, 4) is 27.9 Å². The van der Waals surface area contributed by atoms with Crippen LogP contribution in [0.2, 0.25) is 0 Å². The fraction of sp³-hybridized carbons (Fsp3) is 0. The van der Waals surface area contributed by atoms with Gasteiger partial charge >= 0.3 is 0 Å². The monoisotopic (exact) mass is 708 g/mol. The van der Waals surface area contributed by atoms with Crippen LogP contribution in [-0.4, -0.2) is 4.57 Å². The zero-order chi connectivity index (χ0) is 35.6. The molecule has 3 nitrogen and oxygen atoms in total. The van der Waals surface area contributed by atoms with Crippen molar-refractivity contribution in [2.24, 2.45) is 0 Å². The van der Waals surface area contributed by atoms with Crippen molar-refractivity contribution in [1.82, 2.24) is 4.57 Å². The van der Waals surface area contributed by atoms with E-state index in [4.69, 9.17) is 4.42 Å². The average molecular weight is 709 g/mol. The molecule has 0 fully saturated rings. The number of nitrogens with zero attached hydrogens (tertiary/aromatic N) is 2. The lowest BCUT2D eigenvalue weighted by atomic mass is 9.98. The molecule has 0 amide bonds. The van der Waals surface area contributed by atoms with Gasteiger partial charge in [-0.1, -0.05) is 133 Å². The van der Waals surface area contributed by atoms with Crippen LogP contribution in [0.3, 0.4) is 0 Å². The third kappa shape index (κ3) is 4.81. The molecule has 4 heteroatoms. The van der Waals surface area contributed by atoms with Crippen LogP contribution in [0, 0.1) is 0 Å². The SMILES string of the molecule is c1ccc(-c2ccc(N(c3cccc(-c4cccc5oc6c(c7ccccc7n6-c6ccccc6)c45)c3)c3cccc4c3sc3ccccc34)cc2)cc1. The Kier molecular flexibility index (Phi) is 7.04. The zero-order valence-electron chi connectivity index (χ0n) is 29.2. The summed E-state index contributed by atoms with van der Waals surface area (Å²) < 4.78 is 11.6. The topological polar surface area (TPSA) is 21.3 Å². The molecule has 3 aromatic heterocycles. The molecule has 254 valence electrons. The minimum Gasteiger partial charge on any atom is -0.439 e. The van der Waals surface area contributed by atoms with E-state index in [-0.39, 0.29) is 0 Å². The molecule has 11 aromatic rings. The number of thiophene rings is 1. The summed E-state index contributed by atoms with van der Waals surface area (Å²) in [6.07, 6.45) is 0. The second kappa shape index (κ2) is 12.4. The van der Waals surface area contributed by atoms with E-state index in [1.54, 1.807) is 0 Å². The van der Waals surface area contributed by atoms with Gasteiger partial charge < -0.3 is 9.32 Å². The summed E-state index contributed by atoms with van der Waals surface area (Å²) in [5.41, 5.74) is 12.0. The standard InChI is InChI=1S/C50H32N2OS/c1-3-14-33(15-4-1)34-28-30-37(31-29-34)51(44-25-12-23-41-40-20-8-10-27-46(40)54-49(41)44)38-19-11-16-35(32-38)39-22-13-26-45-47(39)48-42-21-7-9-24-43(42)52(50(48)53-45)36-17-5-2-6-18-36/h1-32H. The van der Waals surface area contributed by atoms with Crippen molar-refractivity contribution in [3.05, 3.63) is 194 Å². The Balaban J connectivity index is 1.13. The third-order valence-electron chi connectivity index (χ3n) is 10.6. The molecule has 0 aliphatic rings. The Morgan fingerprint density at radius 2 is 1.13 bits per heavy atom. The molecule has 0 N–H and O–H groups in total. The molecule has 0 aliphatic carbocycles. The molecule has 0 spiro atoms. The first-order valence-electron chi connectivity index (χ1n) is 18.3. The molecule has 0 saturated heterocycles. The highest BCUT2D eigenvalue weighted by molar-refractivity contribution is 7.26. The van der Waals surface area contributed by atoms with E-state index >= 15 is 0 Å². The van der Waals surface area contributed by atoms with Gasteiger partial charge in [0.05, 0.1) is 21.3 Å². The van der Waals surface area contributed by atoms with Gasteiger partial charge in [-0.25, -0.2) is 0 Å². The van der Waals surface area contributed by atoms with Crippen LogP contribution >= 0.6 is 11.3 Å². The number of hydrogen-bond donors (Lipinski definition) is 0. The molecule has 11 rings (SSSR count). The van der Waals surface area contributed by atoms with E-state index < -0.39 is 0 Å². The van der Waals surface area contributed by atoms with Crippen LogP contribution in [0.25, 0.3) is 81.1 Å². The average Bonchev–Trinajstić information content (AvgIpc) is 3.91. The molecule has 3 heterocycles. The van der Waals surface area contributed by atoms with Gasteiger partial charge in [0.1, 0.15) is 5.58 Å². The maximum atomic E-state index is 6.78. The van der Waals surface area contributed by atoms with Gasteiger partial charge in [-0.05, 0) is 82.9 Å². The summed E-state index contributed by atoms with van der Waals surface area (Å²) in [6.45, 7) is 0. The summed E-state index contributed by atoms with van der Waals surface area (Å²) in [5, 5.41) is 6.00. The number of anilines is 3. The number of aromatic nitrogens is 1. The summed E-state index contributed by atoms with van der Waals surface area (Å²) in [6, 6.07) is 69.5. The van der Waals surface area contributed by atoms with Crippen LogP contribution in [0.4, 0.5) is 17.1 Å². The molecular formula is C50H32N2OS. The zero-order valence-corrected chi connectivity index (χ0v) is 30.0. The minimum atomic E-state index is 0.859. The molecule has 54 heavy (non-hydrogen) atoms.